The zero-order chi connectivity index (χ0) is 7.21. The van der Waals surface area contributed by atoms with E-state index < -0.39 is 7.82 Å². The normalized spacial score (nSPS) is 7.33. The van der Waals surface area contributed by atoms with E-state index in [-0.39, 0.29) is 51.4 Å². The summed E-state index contributed by atoms with van der Waals surface area (Å²) in [6.07, 6.45) is 0. The summed E-state index contributed by atoms with van der Waals surface area (Å²) < 4.78 is 8.77. The number of hydrogen-bond acceptors (Lipinski definition) is 3. The van der Waals surface area contributed by atoms with Gasteiger partial charge in [-0.25, -0.2) is 5.26 Å². The Labute approximate surface area is 96.1 Å². The van der Waals surface area contributed by atoms with Gasteiger partial charge in [0.1, 0.15) is 0 Å². The van der Waals surface area contributed by atoms with Crippen molar-refractivity contribution < 1.29 is 70.6 Å². The van der Waals surface area contributed by atoms with E-state index in [1.165, 1.54) is 7.85 Å². The molecule has 0 aromatic rings. The predicted molar refractivity (Wildman–Crippen MR) is 26.2 cm³/mol. The van der Waals surface area contributed by atoms with Gasteiger partial charge in [-0.3, -0.25) is 4.57 Å². The van der Waals surface area contributed by atoms with Crippen LogP contribution in [-0.4, -0.2) is 17.6 Å². The first-order valence-corrected chi connectivity index (χ1v) is 3.02. The fourth-order valence-electron chi connectivity index (χ4n) is 0. The van der Waals surface area contributed by atoms with Crippen molar-refractivity contribution >= 4 is 15.7 Å². The molecule has 5 nitrogen and oxygen atoms in total. The van der Waals surface area contributed by atoms with E-state index in [9.17, 15) is 0 Å². The smallest absolute Gasteiger partial charge is 0.756 e. The second kappa shape index (κ2) is 9.30. The predicted octanol–water partition coefficient (Wildman–Crippen LogP) is -5.46. The Bertz CT molecular complexity index is 119. The van der Waals surface area contributed by atoms with Crippen LogP contribution >= 0.6 is 7.82 Å². The third-order valence-corrected chi connectivity index (χ3v) is 0. The van der Waals surface area contributed by atoms with Crippen LogP contribution in [0.25, 0.3) is 0 Å². The van der Waals surface area contributed by atoms with Crippen LogP contribution in [0, 0.1) is 11.2 Å². The van der Waals surface area contributed by atoms with Crippen LogP contribution in [0.4, 0.5) is 0 Å². The number of phosphoric acid groups is 1. The molecule has 0 aliphatic heterocycles. The molecular weight excluding hydrogens is 171 g/mol. The topological polar surface area (TPSA) is 104 Å². The Morgan fingerprint density at radius 2 is 1.67 bits per heavy atom. The number of nitrogens with zero attached hydrogens (tertiary/aromatic N) is 1. The minimum absolute atomic E-state index is 0. The molecule has 0 aromatic carbocycles. The van der Waals surface area contributed by atoms with Crippen molar-refractivity contribution in [1.29, 1.82) is 5.26 Å². The van der Waals surface area contributed by atoms with Gasteiger partial charge in [-0.1, -0.05) is 0 Å². The quantitative estimate of drug-likeness (QED) is 0.282. The fraction of sp³-hybridized carbons (Fsp3) is 0. The molecule has 0 rings (SSSR count). The van der Waals surface area contributed by atoms with Gasteiger partial charge in [0, 0.05) is 0 Å². The minimum atomic E-state index is -4.89. The van der Waals surface area contributed by atoms with Gasteiger partial charge in [-0.15, -0.1) is 0 Å². The monoisotopic (exact) mass is 175 g/mol. The molecule has 0 saturated carbocycles. The zero-order valence-corrected chi connectivity index (χ0v) is 9.12. The average molecular weight is 175 g/mol. The summed E-state index contributed by atoms with van der Waals surface area (Å²) >= 11 is 0. The molecule has 2 N–H and O–H groups in total. The molecule has 0 amide bonds. The van der Waals surface area contributed by atoms with E-state index in [4.69, 9.17) is 24.5 Å². The number of rotatable bonds is 0. The molecule has 0 radical (unpaired) electrons. The maximum absolute atomic E-state index is 8.77. The van der Waals surface area contributed by atoms with Crippen molar-refractivity contribution in [3.63, 3.8) is 0 Å². The van der Waals surface area contributed by atoms with Crippen LogP contribution in [0.3, 0.4) is 0 Å². The Kier molecular flexibility index (Phi) is 17.3. The van der Waals surface area contributed by atoms with Crippen molar-refractivity contribution in [3.05, 3.63) is 0 Å². The van der Waals surface area contributed by atoms with Crippen molar-refractivity contribution in [2.75, 3.05) is 0 Å². The average Bonchev–Trinajstić information content (AvgIpc) is 1.27. The van der Waals surface area contributed by atoms with Crippen molar-refractivity contribution in [2.24, 2.45) is 0 Å². The summed E-state index contributed by atoms with van der Waals surface area (Å²) in [6, 6.07) is 0. The Hall–Kier alpha value is 1.30. The zero-order valence-electron chi connectivity index (χ0n) is 5.11. The first-order valence-electron chi connectivity index (χ1n) is 1.49. The summed E-state index contributed by atoms with van der Waals surface area (Å²) in [4.78, 5) is 22.9. The fourth-order valence-corrected chi connectivity index (χ4v) is 0. The maximum atomic E-state index is 8.77. The largest absolute Gasteiger partial charge is 1.00 e. The van der Waals surface area contributed by atoms with Crippen LogP contribution in [0.1, 0.15) is 0 Å². The summed E-state index contributed by atoms with van der Waals surface area (Å²) in [5.74, 6) is 1.75. The van der Waals surface area contributed by atoms with Crippen molar-refractivity contribution in [2.45, 2.75) is 0 Å². The number of nitriles is 1. The molecule has 0 aliphatic rings. The summed E-state index contributed by atoms with van der Waals surface area (Å²) in [6.45, 7) is 0. The van der Waals surface area contributed by atoms with Gasteiger partial charge in [-0.2, -0.15) is 0 Å². The van der Waals surface area contributed by atoms with Crippen LogP contribution in [0.2, 0.25) is 0 Å². The molecule has 9 heavy (non-hydrogen) atoms. The molecule has 0 aromatic heterocycles. The summed E-state index contributed by atoms with van der Waals surface area (Å²) in [7, 11) is -3.46. The van der Waals surface area contributed by atoms with E-state index in [1.54, 1.807) is 5.97 Å². The molecule has 0 bridgehead atoms. The van der Waals surface area contributed by atoms with E-state index in [0.717, 1.165) is 0 Å². The molecule has 8 heteroatoms. The first kappa shape index (κ1) is 16.7. The van der Waals surface area contributed by atoms with Crippen molar-refractivity contribution in [1.82, 2.24) is 0 Å². The molecule has 0 heterocycles. The minimum Gasteiger partial charge on any atom is -0.756 e. The first-order chi connectivity index (χ1) is 3.41. The second-order valence-electron chi connectivity index (χ2n) is 0.714. The van der Waals surface area contributed by atoms with Crippen molar-refractivity contribution in [3.8, 4) is 5.97 Å². The van der Waals surface area contributed by atoms with Gasteiger partial charge in [0.2, 0.25) is 7.85 Å². The van der Waals surface area contributed by atoms with E-state index >= 15 is 0 Å². The summed E-state index contributed by atoms with van der Waals surface area (Å²) in [5, 5.41) is 7.32. The van der Waals surface area contributed by atoms with Gasteiger partial charge in [0.15, 0.2) is 0 Å². The van der Waals surface area contributed by atoms with Crippen LogP contribution in [-0.2, 0) is 4.57 Å². The van der Waals surface area contributed by atoms with E-state index in [0.29, 0.717) is 0 Å². The molecule has 0 aliphatic carbocycles. The SMILES string of the molecule is BC#N.O=P([O-])(O)O.[K+]. The third-order valence-electron chi connectivity index (χ3n) is 0. The van der Waals surface area contributed by atoms with Gasteiger partial charge in [0.25, 0.3) is 7.82 Å². The van der Waals surface area contributed by atoms with Gasteiger partial charge in [-0.05, 0) is 5.97 Å². The Morgan fingerprint density at radius 1 is 1.67 bits per heavy atom. The van der Waals surface area contributed by atoms with Crippen LogP contribution in [0.15, 0.2) is 0 Å². The van der Waals surface area contributed by atoms with Gasteiger partial charge >= 0.3 is 51.4 Å². The standard InChI is InChI=1S/CH2BN.K.H3O4P/c2-1-3;;1-5(2,3)4/h2H2;;(H3,1,2,3,4)/q;+1;/p-1. The van der Waals surface area contributed by atoms with Gasteiger partial charge < -0.3 is 14.7 Å². The molecule has 0 spiro atoms. The number of hydrogen-bond donors (Lipinski definition) is 2. The molecule has 0 saturated heterocycles. The Morgan fingerprint density at radius 3 is 1.67 bits per heavy atom. The molecular formula is CH4BKNO4P. The second-order valence-corrected chi connectivity index (χ2v) is 1.70. The Balaban J connectivity index is -0.0000000800. The summed E-state index contributed by atoms with van der Waals surface area (Å²) in [5.41, 5.74) is 0. The molecule has 0 atom stereocenters. The van der Waals surface area contributed by atoms with Crippen LogP contribution in [0.5, 0.6) is 0 Å². The third kappa shape index (κ3) is 293. The van der Waals surface area contributed by atoms with Gasteiger partial charge in [0.05, 0.1) is 0 Å². The van der Waals surface area contributed by atoms with E-state index in [2.05, 4.69) is 0 Å². The molecule has 0 fully saturated rings. The molecule has 46 valence electrons. The molecule has 0 unspecified atom stereocenters. The van der Waals surface area contributed by atoms with Crippen LogP contribution < -0.4 is 56.3 Å². The van der Waals surface area contributed by atoms with E-state index in [1.807, 2.05) is 0 Å². The maximum Gasteiger partial charge on any atom is 1.00 e.